The van der Waals surface area contributed by atoms with Crippen molar-refractivity contribution < 1.29 is 14.6 Å². The second-order valence-electron chi connectivity index (χ2n) is 5.54. The van der Waals surface area contributed by atoms with Crippen molar-refractivity contribution in [3.8, 4) is 5.75 Å². The highest BCUT2D eigenvalue weighted by atomic mass is 35.5. The minimum atomic E-state index is -0.786. The number of halogens is 1. The normalized spacial score (nSPS) is 11.8. The predicted octanol–water partition coefficient (Wildman–Crippen LogP) is 2.93. The fraction of sp³-hybridized carbons (Fsp3) is 0.167. The van der Waals surface area contributed by atoms with Gasteiger partial charge in [-0.3, -0.25) is 4.79 Å². The Kier molecular flexibility index (Phi) is 5.50. The first-order chi connectivity index (χ1) is 12.5. The highest BCUT2D eigenvalue weighted by Gasteiger charge is 2.14. The number of hydrogen-bond donors (Lipinski definition) is 2. The van der Waals surface area contributed by atoms with Crippen molar-refractivity contribution in [3.63, 3.8) is 0 Å². The largest absolute Gasteiger partial charge is 0.497 e. The van der Waals surface area contributed by atoms with Gasteiger partial charge in [0.1, 0.15) is 12.1 Å². The van der Waals surface area contributed by atoms with E-state index in [1.54, 1.807) is 55.6 Å². The number of anilines is 1. The summed E-state index contributed by atoms with van der Waals surface area (Å²) in [6, 6.07) is 13.9. The zero-order chi connectivity index (χ0) is 18.5. The molecule has 0 unspecified atom stereocenters. The van der Waals surface area contributed by atoms with Gasteiger partial charge in [0.15, 0.2) is 0 Å². The molecule has 8 heteroatoms. The van der Waals surface area contributed by atoms with E-state index in [1.165, 1.54) is 11.0 Å². The van der Waals surface area contributed by atoms with E-state index in [0.717, 1.165) is 0 Å². The average molecular weight is 373 g/mol. The van der Waals surface area contributed by atoms with Crippen LogP contribution < -0.4 is 10.1 Å². The molecule has 1 atom stereocenters. The SMILES string of the molecule is COc1ccc([C@@H](O)Cn2cnc(C(=O)Nc3cccc(Cl)c3)n2)cc1. The Bertz CT molecular complexity index is 895. The van der Waals surface area contributed by atoms with E-state index >= 15 is 0 Å². The number of hydrogen-bond acceptors (Lipinski definition) is 5. The number of amides is 1. The van der Waals surface area contributed by atoms with Crippen molar-refractivity contribution in [3.05, 3.63) is 71.3 Å². The molecule has 3 aromatic rings. The third kappa shape index (κ3) is 4.38. The zero-order valence-electron chi connectivity index (χ0n) is 14.0. The van der Waals surface area contributed by atoms with Crippen molar-refractivity contribution in [1.82, 2.24) is 14.8 Å². The molecule has 0 bridgehead atoms. The number of ether oxygens (including phenoxy) is 1. The van der Waals surface area contributed by atoms with Crippen molar-refractivity contribution in [2.24, 2.45) is 0 Å². The molecule has 134 valence electrons. The van der Waals surface area contributed by atoms with E-state index < -0.39 is 12.0 Å². The number of carbonyl (C=O) groups is 1. The van der Waals surface area contributed by atoms with E-state index in [0.29, 0.717) is 22.0 Å². The Balaban J connectivity index is 1.64. The number of nitrogens with one attached hydrogen (secondary N) is 1. The molecule has 1 amide bonds. The maximum absolute atomic E-state index is 12.2. The third-order valence-corrected chi connectivity index (χ3v) is 3.92. The van der Waals surface area contributed by atoms with Gasteiger partial charge in [-0.25, -0.2) is 9.67 Å². The molecule has 2 N–H and O–H groups in total. The quantitative estimate of drug-likeness (QED) is 0.694. The summed E-state index contributed by atoms with van der Waals surface area (Å²) in [6.45, 7) is 0.170. The first-order valence-corrected chi connectivity index (χ1v) is 8.21. The molecular formula is C18H17ClN4O3. The van der Waals surface area contributed by atoms with E-state index in [2.05, 4.69) is 15.4 Å². The van der Waals surface area contributed by atoms with Gasteiger partial charge in [-0.2, -0.15) is 0 Å². The monoisotopic (exact) mass is 372 g/mol. The third-order valence-electron chi connectivity index (χ3n) is 3.68. The topological polar surface area (TPSA) is 89.3 Å². The molecule has 0 saturated carbocycles. The molecule has 0 fully saturated rings. The van der Waals surface area contributed by atoms with Crippen LogP contribution in [0.3, 0.4) is 0 Å². The fourth-order valence-corrected chi connectivity index (χ4v) is 2.54. The summed E-state index contributed by atoms with van der Waals surface area (Å²) in [5.41, 5.74) is 1.27. The molecule has 26 heavy (non-hydrogen) atoms. The number of nitrogens with zero attached hydrogens (tertiary/aromatic N) is 3. The average Bonchev–Trinajstić information content (AvgIpc) is 3.10. The van der Waals surface area contributed by atoms with Crippen LogP contribution in [-0.2, 0) is 6.54 Å². The minimum Gasteiger partial charge on any atom is -0.497 e. The number of benzene rings is 2. The van der Waals surface area contributed by atoms with Gasteiger partial charge in [0.05, 0.1) is 19.8 Å². The molecule has 2 aromatic carbocycles. The number of carbonyl (C=O) groups excluding carboxylic acids is 1. The molecular weight excluding hydrogens is 356 g/mol. The number of aliphatic hydroxyl groups is 1. The summed E-state index contributed by atoms with van der Waals surface area (Å²) in [5.74, 6) is 0.263. The predicted molar refractivity (Wildman–Crippen MR) is 97.4 cm³/mol. The molecule has 7 nitrogen and oxygen atoms in total. The Morgan fingerprint density at radius 2 is 2.08 bits per heavy atom. The van der Waals surface area contributed by atoms with Gasteiger partial charge in [0, 0.05) is 10.7 Å². The highest BCUT2D eigenvalue weighted by Crippen LogP contribution is 2.19. The maximum Gasteiger partial charge on any atom is 0.295 e. The zero-order valence-corrected chi connectivity index (χ0v) is 14.7. The second-order valence-corrected chi connectivity index (χ2v) is 5.98. The van der Waals surface area contributed by atoms with Crippen LogP contribution in [0.4, 0.5) is 5.69 Å². The first kappa shape index (κ1) is 17.9. The van der Waals surface area contributed by atoms with Gasteiger partial charge in [-0.15, -0.1) is 5.10 Å². The van der Waals surface area contributed by atoms with Crippen LogP contribution in [0, 0.1) is 0 Å². The Morgan fingerprint density at radius 1 is 1.31 bits per heavy atom. The molecule has 0 spiro atoms. The van der Waals surface area contributed by atoms with Crippen LogP contribution in [0.2, 0.25) is 5.02 Å². The highest BCUT2D eigenvalue weighted by molar-refractivity contribution is 6.30. The van der Waals surface area contributed by atoms with Crippen LogP contribution in [0.15, 0.2) is 54.9 Å². The molecule has 0 aliphatic carbocycles. The van der Waals surface area contributed by atoms with E-state index in [4.69, 9.17) is 16.3 Å². The molecule has 1 heterocycles. The van der Waals surface area contributed by atoms with E-state index in [-0.39, 0.29) is 12.4 Å². The summed E-state index contributed by atoms with van der Waals surface area (Å²) >= 11 is 5.89. The summed E-state index contributed by atoms with van der Waals surface area (Å²) in [7, 11) is 1.58. The molecule has 0 saturated heterocycles. The van der Waals surface area contributed by atoms with Gasteiger partial charge in [-0.1, -0.05) is 29.8 Å². The van der Waals surface area contributed by atoms with Gasteiger partial charge in [0.2, 0.25) is 5.82 Å². The fourth-order valence-electron chi connectivity index (χ4n) is 2.35. The maximum atomic E-state index is 12.2. The molecule has 1 aromatic heterocycles. The molecule has 0 aliphatic heterocycles. The van der Waals surface area contributed by atoms with Crippen molar-refractivity contribution in [1.29, 1.82) is 0 Å². The van der Waals surface area contributed by atoms with Crippen LogP contribution in [0.5, 0.6) is 5.75 Å². The van der Waals surface area contributed by atoms with Gasteiger partial charge >= 0.3 is 0 Å². The van der Waals surface area contributed by atoms with Crippen LogP contribution in [0.25, 0.3) is 0 Å². The van der Waals surface area contributed by atoms with Crippen LogP contribution in [-0.4, -0.2) is 32.9 Å². The lowest BCUT2D eigenvalue weighted by Crippen LogP contribution is -2.15. The smallest absolute Gasteiger partial charge is 0.295 e. The van der Waals surface area contributed by atoms with Crippen LogP contribution >= 0.6 is 11.6 Å². The first-order valence-electron chi connectivity index (χ1n) is 7.83. The Hall–Kier alpha value is -2.90. The summed E-state index contributed by atoms with van der Waals surface area (Å²) in [4.78, 5) is 16.2. The van der Waals surface area contributed by atoms with Gasteiger partial charge < -0.3 is 15.2 Å². The molecule has 3 rings (SSSR count). The van der Waals surface area contributed by atoms with E-state index in [1.807, 2.05) is 0 Å². The van der Waals surface area contributed by atoms with E-state index in [9.17, 15) is 9.90 Å². The van der Waals surface area contributed by atoms with Crippen molar-refractivity contribution >= 4 is 23.2 Å². The van der Waals surface area contributed by atoms with Gasteiger partial charge in [0.25, 0.3) is 5.91 Å². The number of aliphatic hydroxyl groups excluding tert-OH is 1. The molecule has 0 aliphatic rings. The number of rotatable bonds is 6. The van der Waals surface area contributed by atoms with Gasteiger partial charge in [-0.05, 0) is 35.9 Å². The summed E-state index contributed by atoms with van der Waals surface area (Å²) in [6.07, 6.45) is 0.617. The number of methoxy groups -OCH3 is 1. The standard InChI is InChI=1S/C18H17ClN4O3/c1-26-15-7-5-12(6-8-15)16(24)10-23-11-20-17(22-23)18(25)21-14-4-2-3-13(19)9-14/h2-9,11,16,24H,10H2,1H3,(H,21,25)/t16-/m0/s1. The minimum absolute atomic E-state index is 0.00639. The lowest BCUT2D eigenvalue weighted by Gasteiger charge is -2.11. The Morgan fingerprint density at radius 3 is 2.77 bits per heavy atom. The number of aromatic nitrogens is 3. The summed E-state index contributed by atoms with van der Waals surface area (Å²) < 4.78 is 6.51. The summed E-state index contributed by atoms with van der Waals surface area (Å²) in [5, 5.41) is 17.6. The van der Waals surface area contributed by atoms with Crippen LogP contribution in [0.1, 0.15) is 22.3 Å². The van der Waals surface area contributed by atoms with Crippen molar-refractivity contribution in [2.75, 3.05) is 12.4 Å². The molecule has 0 radical (unpaired) electrons. The lowest BCUT2D eigenvalue weighted by molar-refractivity contribution is 0.101. The van der Waals surface area contributed by atoms with Crippen molar-refractivity contribution in [2.45, 2.75) is 12.6 Å². The lowest BCUT2D eigenvalue weighted by atomic mass is 10.1. The second kappa shape index (κ2) is 7.99. The Labute approximate surface area is 155 Å².